The molecule has 112 valence electrons. The molecule has 3 heteroatoms. The summed E-state index contributed by atoms with van der Waals surface area (Å²) in [4.78, 5) is 11.8. The summed E-state index contributed by atoms with van der Waals surface area (Å²) in [5.41, 5.74) is 0.974. The third-order valence-electron chi connectivity index (χ3n) is 3.42. The van der Waals surface area contributed by atoms with Crippen LogP contribution in [0.2, 0.25) is 0 Å². The van der Waals surface area contributed by atoms with Gasteiger partial charge in [-0.3, -0.25) is 4.79 Å². The van der Waals surface area contributed by atoms with Crippen molar-refractivity contribution in [2.45, 2.75) is 26.7 Å². The summed E-state index contributed by atoms with van der Waals surface area (Å²) in [5, 5.41) is 2.20. The van der Waals surface area contributed by atoms with Gasteiger partial charge >= 0.3 is 5.97 Å². The van der Waals surface area contributed by atoms with Crippen LogP contribution >= 0.6 is 0 Å². The van der Waals surface area contributed by atoms with Crippen LogP contribution in [0, 0.1) is 5.92 Å². The molecule has 2 aromatic rings. The molecule has 21 heavy (non-hydrogen) atoms. The van der Waals surface area contributed by atoms with Crippen LogP contribution in [0.4, 0.5) is 0 Å². The second kappa shape index (κ2) is 7.11. The first-order valence-electron chi connectivity index (χ1n) is 7.31. The van der Waals surface area contributed by atoms with Gasteiger partial charge in [0.05, 0.1) is 20.1 Å². The Morgan fingerprint density at radius 2 is 1.81 bits per heavy atom. The topological polar surface area (TPSA) is 35.5 Å². The maximum atomic E-state index is 11.8. The Kier molecular flexibility index (Phi) is 5.20. The van der Waals surface area contributed by atoms with Crippen molar-refractivity contribution in [2.24, 2.45) is 5.92 Å². The Balaban J connectivity index is 2.00. The van der Waals surface area contributed by atoms with Gasteiger partial charge in [0.25, 0.3) is 0 Å². The highest BCUT2D eigenvalue weighted by molar-refractivity contribution is 5.85. The number of ether oxygens (including phenoxy) is 2. The summed E-state index contributed by atoms with van der Waals surface area (Å²) in [6.45, 7) is 4.73. The molecule has 0 aliphatic carbocycles. The molecule has 3 nitrogen and oxygen atoms in total. The molecule has 0 N–H and O–H groups in total. The minimum absolute atomic E-state index is 0.163. The van der Waals surface area contributed by atoms with Crippen molar-refractivity contribution < 1.29 is 14.3 Å². The predicted molar refractivity (Wildman–Crippen MR) is 84.6 cm³/mol. The van der Waals surface area contributed by atoms with Gasteiger partial charge in [0.15, 0.2) is 0 Å². The van der Waals surface area contributed by atoms with Crippen molar-refractivity contribution in [3.05, 3.63) is 42.0 Å². The summed E-state index contributed by atoms with van der Waals surface area (Å²) < 4.78 is 10.5. The number of carbonyl (C=O) groups excluding carboxylic acids is 1. The lowest BCUT2D eigenvalue weighted by atomic mass is 10.0. The van der Waals surface area contributed by atoms with Crippen molar-refractivity contribution >= 4 is 16.7 Å². The predicted octanol–water partition coefficient (Wildman–Crippen LogP) is 3.98. The lowest BCUT2D eigenvalue weighted by molar-refractivity contribution is -0.143. The standard InChI is InChI=1S/C18H22O3/c1-13(2)8-9-21-18(19)11-14-4-5-16-12-17(20-3)7-6-15(16)10-14/h4-7,10,12-13H,8-9,11H2,1-3H3. The molecule has 0 aliphatic rings. The van der Waals surface area contributed by atoms with Gasteiger partial charge in [-0.25, -0.2) is 0 Å². The third kappa shape index (κ3) is 4.48. The normalized spacial score (nSPS) is 10.9. The van der Waals surface area contributed by atoms with E-state index in [-0.39, 0.29) is 5.97 Å². The molecular weight excluding hydrogens is 264 g/mol. The number of rotatable bonds is 6. The molecular formula is C18H22O3. The molecule has 0 saturated carbocycles. The first kappa shape index (κ1) is 15.4. The number of hydrogen-bond donors (Lipinski definition) is 0. The zero-order chi connectivity index (χ0) is 15.2. The first-order valence-corrected chi connectivity index (χ1v) is 7.31. The minimum Gasteiger partial charge on any atom is -0.497 e. The fourth-order valence-corrected chi connectivity index (χ4v) is 2.14. The number of fused-ring (bicyclic) bond motifs is 1. The van der Waals surface area contributed by atoms with Gasteiger partial charge in [0.1, 0.15) is 5.75 Å². The largest absolute Gasteiger partial charge is 0.497 e. The van der Waals surface area contributed by atoms with Crippen molar-refractivity contribution in [1.82, 2.24) is 0 Å². The molecule has 0 aromatic heterocycles. The van der Waals surface area contributed by atoms with E-state index in [0.717, 1.165) is 28.5 Å². The molecule has 0 fully saturated rings. The van der Waals surface area contributed by atoms with E-state index in [1.165, 1.54) is 0 Å². The van der Waals surface area contributed by atoms with Crippen molar-refractivity contribution in [1.29, 1.82) is 0 Å². The zero-order valence-corrected chi connectivity index (χ0v) is 12.9. The molecule has 0 atom stereocenters. The van der Waals surface area contributed by atoms with Crippen LogP contribution in [-0.4, -0.2) is 19.7 Å². The Bertz CT molecular complexity index is 617. The number of methoxy groups -OCH3 is 1. The Labute approximate surface area is 125 Å². The van der Waals surface area contributed by atoms with Crippen molar-refractivity contribution in [3.8, 4) is 5.75 Å². The van der Waals surface area contributed by atoms with Gasteiger partial charge < -0.3 is 9.47 Å². The summed E-state index contributed by atoms with van der Waals surface area (Å²) in [7, 11) is 1.66. The monoisotopic (exact) mass is 286 g/mol. The van der Waals surface area contributed by atoms with Crippen LogP contribution < -0.4 is 4.74 Å². The summed E-state index contributed by atoms with van der Waals surface area (Å²) in [6.07, 6.45) is 1.23. The van der Waals surface area contributed by atoms with E-state index in [4.69, 9.17) is 9.47 Å². The molecule has 0 amide bonds. The summed E-state index contributed by atoms with van der Waals surface area (Å²) >= 11 is 0. The lowest BCUT2D eigenvalue weighted by Crippen LogP contribution is -2.10. The van der Waals surface area contributed by atoms with E-state index in [2.05, 4.69) is 13.8 Å². The molecule has 2 rings (SSSR count). The quantitative estimate of drug-likeness (QED) is 0.753. The number of carbonyl (C=O) groups is 1. The average Bonchev–Trinajstić information content (AvgIpc) is 2.46. The molecule has 0 spiro atoms. The second-order valence-corrected chi connectivity index (χ2v) is 5.63. The number of esters is 1. The average molecular weight is 286 g/mol. The summed E-state index contributed by atoms with van der Waals surface area (Å²) in [5.74, 6) is 1.22. The maximum absolute atomic E-state index is 11.8. The van der Waals surface area contributed by atoms with E-state index in [1.54, 1.807) is 7.11 Å². The molecule has 0 bridgehead atoms. The van der Waals surface area contributed by atoms with Crippen LogP contribution in [0.1, 0.15) is 25.8 Å². The smallest absolute Gasteiger partial charge is 0.310 e. The van der Waals surface area contributed by atoms with Crippen LogP contribution in [0.25, 0.3) is 10.8 Å². The molecule has 0 heterocycles. The molecule has 0 radical (unpaired) electrons. The SMILES string of the molecule is COc1ccc2cc(CC(=O)OCCC(C)C)ccc2c1. The van der Waals surface area contributed by atoms with Crippen LogP contribution in [0.15, 0.2) is 36.4 Å². The van der Waals surface area contributed by atoms with E-state index >= 15 is 0 Å². The summed E-state index contributed by atoms with van der Waals surface area (Å²) in [6, 6.07) is 11.9. The number of hydrogen-bond acceptors (Lipinski definition) is 3. The van der Waals surface area contributed by atoms with Gasteiger partial charge in [0.2, 0.25) is 0 Å². The fourth-order valence-electron chi connectivity index (χ4n) is 2.14. The van der Waals surface area contributed by atoms with Gasteiger partial charge in [-0.05, 0) is 40.8 Å². The van der Waals surface area contributed by atoms with Gasteiger partial charge in [-0.2, -0.15) is 0 Å². The maximum Gasteiger partial charge on any atom is 0.310 e. The molecule has 0 unspecified atom stereocenters. The fraction of sp³-hybridized carbons (Fsp3) is 0.389. The van der Waals surface area contributed by atoms with Gasteiger partial charge in [-0.1, -0.05) is 38.1 Å². The highest BCUT2D eigenvalue weighted by atomic mass is 16.5. The van der Waals surface area contributed by atoms with Crippen LogP contribution in [0.5, 0.6) is 5.75 Å². The Morgan fingerprint density at radius 1 is 1.10 bits per heavy atom. The van der Waals surface area contributed by atoms with Crippen molar-refractivity contribution in [2.75, 3.05) is 13.7 Å². The lowest BCUT2D eigenvalue weighted by Gasteiger charge is -2.08. The molecule has 0 aliphatic heterocycles. The van der Waals surface area contributed by atoms with E-state index < -0.39 is 0 Å². The minimum atomic E-state index is -0.163. The van der Waals surface area contributed by atoms with E-state index in [9.17, 15) is 4.79 Å². The highest BCUT2D eigenvalue weighted by Crippen LogP contribution is 2.22. The van der Waals surface area contributed by atoms with Gasteiger partial charge in [0, 0.05) is 0 Å². The molecule has 0 saturated heterocycles. The first-order chi connectivity index (χ1) is 10.1. The van der Waals surface area contributed by atoms with Crippen molar-refractivity contribution in [3.63, 3.8) is 0 Å². The second-order valence-electron chi connectivity index (χ2n) is 5.63. The Hall–Kier alpha value is -2.03. The highest BCUT2D eigenvalue weighted by Gasteiger charge is 2.06. The number of benzene rings is 2. The van der Waals surface area contributed by atoms with Crippen LogP contribution in [-0.2, 0) is 16.0 Å². The zero-order valence-electron chi connectivity index (χ0n) is 12.9. The van der Waals surface area contributed by atoms with E-state index in [0.29, 0.717) is 18.9 Å². The van der Waals surface area contributed by atoms with Crippen LogP contribution in [0.3, 0.4) is 0 Å². The van der Waals surface area contributed by atoms with E-state index in [1.807, 2.05) is 36.4 Å². The third-order valence-corrected chi connectivity index (χ3v) is 3.42. The Morgan fingerprint density at radius 3 is 2.52 bits per heavy atom. The van der Waals surface area contributed by atoms with Gasteiger partial charge in [-0.15, -0.1) is 0 Å². The molecule has 2 aromatic carbocycles.